The Morgan fingerprint density at radius 1 is 0.475 bits per heavy atom. The summed E-state index contributed by atoms with van der Waals surface area (Å²) in [4.78, 5) is 0. The van der Waals surface area contributed by atoms with Crippen LogP contribution in [-0.2, 0) is 9.47 Å². The summed E-state index contributed by atoms with van der Waals surface area (Å²) in [6, 6.07) is 0. The number of hydrogen-bond donors (Lipinski definition) is 1. The van der Waals surface area contributed by atoms with Crippen molar-refractivity contribution < 1.29 is 36.3 Å². The van der Waals surface area contributed by atoms with Gasteiger partial charge in [-0.05, 0) is 19.3 Å². The second kappa shape index (κ2) is 30.8. The van der Waals surface area contributed by atoms with Gasteiger partial charge in [-0.1, -0.05) is 162 Å². The van der Waals surface area contributed by atoms with Gasteiger partial charge in [0.25, 0.3) is 5.72 Å². The van der Waals surface area contributed by atoms with Gasteiger partial charge in [0.2, 0.25) is 0 Å². The minimum atomic E-state index is -0.663. The van der Waals surface area contributed by atoms with E-state index in [0.29, 0.717) is 13.2 Å². The SMILES string of the molecule is CCCCCCCCCCCCCCOCC(CCC)(OCCCCCCCCCCCCCC)[N+](C)(C)O.[Br-]. The average molecular weight is 637 g/mol. The molecular formula is C35H74BrNO3. The van der Waals surface area contributed by atoms with Gasteiger partial charge in [0.1, 0.15) is 20.7 Å². The van der Waals surface area contributed by atoms with Crippen molar-refractivity contribution in [3.8, 4) is 0 Å². The van der Waals surface area contributed by atoms with E-state index in [1.807, 2.05) is 14.1 Å². The fourth-order valence-electron chi connectivity index (χ4n) is 5.65. The molecule has 0 aliphatic carbocycles. The topological polar surface area (TPSA) is 38.7 Å². The van der Waals surface area contributed by atoms with Crippen LogP contribution in [0.3, 0.4) is 0 Å². The summed E-state index contributed by atoms with van der Waals surface area (Å²) < 4.78 is 12.4. The second-order valence-electron chi connectivity index (χ2n) is 12.8. The van der Waals surface area contributed by atoms with Crippen molar-refractivity contribution >= 4 is 0 Å². The van der Waals surface area contributed by atoms with E-state index in [-0.39, 0.29) is 21.6 Å². The average Bonchev–Trinajstić information content (AvgIpc) is 2.90. The first-order valence-electron chi connectivity index (χ1n) is 17.7. The Labute approximate surface area is 263 Å². The molecule has 0 amide bonds. The molecule has 0 aromatic carbocycles. The number of quaternary nitrogens is 1. The lowest BCUT2D eigenvalue weighted by Gasteiger charge is -2.41. The Hall–Kier alpha value is 0.320. The van der Waals surface area contributed by atoms with Gasteiger partial charge in [-0.2, -0.15) is 4.65 Å². The quantitative estimate of drug-likeness (QED) is 0.0349. The van der Waals surface area contributed by atoms with Crippen molar-refractivity contribution in [1.82, 2.24) is 0 Å². The van der Waals surface area contributed by atoms with E-state index < -0.39 is 5.72 Å². The van der Waals surface area contributed by atoms with Gasteiger partial charge in [0.15, 0.2) is 0 Å². The predicted octanol–water partition coefficient (Wildman–Crippen LogP) is 8.39. The van der Waals surface area contributed by atoms with Crippen molar-refractivity contribution in [2.75, 3.05) is 33.9 Å². The van der Waals surface area contributed by atoms with E-state index >= 15 is 0 Å². The molecule has 0 aromatic heterocycles. The smallest absolute Gasteiger partial charge is 0.256 e. The van der Waals surface area contributed by atoms with Crippen LogP contribution in [-0.4, -0.2) is 49.5 Å². The third kappa shape index (κ3) is 24.9. The third-order valence-corrected chi connectivity index (χ3v) is 8.48. The summed E-state index contributed by atoms with van der Waals surface area (Å²) in [5.41, 5.74) is -0.663. The minimum absolute atomic E-state index is 0. The summed E-state index contributed by atoms with van der Waals surface area (Å²) >= 11 is 0. The van der Waals surface area contributed by atoms with Crippen LogP contribution in [0.5, 0.6) is 0 Å². The molecule has 1 atom stereocenters. The van der Waals surface area contributed by atoms with Crippen molar-refractivity contribution in [3.05, 3.63) is 0 Å². The number of unbranched alkanes of at least 4 members (excludes halogenated alkanes) is 22. The number of hydroxylamine groups is 3. The molecule has 0 fully saturated rings. The van der Waals surface area contributed by atoms with Crippen LogP contribution >= 0.6 is 0 Å². The van der Waals surface area contributed by atoms with Crippen LogP contribution in [0.1, 0.15) is 188 Å². The fourth-order valence-corrected chi connectivity index (χ4v) is 5.65. The normalized spacial score (nSPS) is 13.3. The van der Waals surface area contributed by atoms with E-state index in [1.165, 1.54) is 141 Å². The summed E-state index contributed by atoms with van der Waals surface area (Å²) in [6.07, 6.45) is 34.2. The molecule has 0 aliphatic heterocycles. The van der Waals surface area contributed by atoms with Gasteiger partial charge in [0, 0.05) is 13.0 Å². The Balaban J connectivity index is 0. The summed E-state index contributed by atoms with van der Waals surface area (Å²) in [7, 11) is 3.68. The molecule has 4 nitrogen and oxygen atoms in total. The number of rotatable bonds is 32. The molecule has 40 heavy (non-hydrogen) atoms. The molecule has 0 saturated carbocycles. The Morgan fingerprint density at radius 3 is 1.12 bits per heavy atom. The first-order chi connectivity index (χ1) is 18.9. The van der Waals surface area contributed by atoms with Crippen molar-refractivity contribution in [2.45, 2.75) is 193 Å². The highest BCUT2D eigenvalue weighted by atomic mass is 79.9. The molecule has 1 unspecified atom stereocenters. The zero-order chi connectivity index (χ0) is 28.9. The predicted molar refractivity (Wildman–Crippen MR) is 170 cm³/mol. The number of nitrogens with zero attached hydrogens (tertiary/aromatic N) is 1. The number of ether oxygens (including phenoxy) is 2. The number of likely N-dealkylation sites (N-methyl/N-ethyl adjacent to an activating group) is 1. The van der Waals surface area contributed by atoms with Gasteiger partial charge in [-0.15, -0.1) is 0 Å². The molecule has 1 N–H and O–H groups in total. The van der Waals surface area contributed by atoms with Crippen LogP contribution in [0, 0.1) is 0 Å². The molecule has 0 rings (SSSR count). The van der Waals surface area contributed by atoms with Crippen LogP contribution in [0.2, 0.25) is 0 Å². The Morgan fingerprint density at radius 2 is 0.800 bits per heavy atom. The first-order valence-corrected chi connectivity index (χ1v) is 17.7. The van der Waals surface area contributed by atoms with Gasteiger partial charge < -0.3 is 26.5 Å². The Bertz CT molecular complexity index is 486. The molecule has 0 aromatic rings. The van der Waals surface area contributed by atoms with Gasteiger partial charge >= 0.3 is 0 Å². The highest BCUT2D eigenvalue weighted by Gasteiger charge is 2.47. The van der Waals surface area contributed by atoms with E-state index in [2.05, 4.69) is 20.8 Å². The van der Waals surface area contributed by atoms with Gasteiger partial charge in [-0.25, -0.2) is 5.21 Å². The lowest BCUT2D eigenvalue weighted by Crippen LogP contribution is -3.00. The Kier molecular flexibility index (Phi) is 32.7. The van der Waals surface area contributed by atoms with E-state index in [9.17, 15) is 5.21 Å². The lowest BCUT2D eigenvalue weighted by molar-refractivity contribution is -1.13. The van der Waals surface area contributed by atoms with Crippen molar-refractivity contribution in [2.24, 2.45) is 0 Å². The second-order valence-corrected chi connectivity index (χ2v) is 12.8. The van der Waals surface area contributed by atoms with Gasteiger partial charge in [0.05, 0.1) is 6.61 Å². The molecule has 0 saturated heterocycles. The van der Waals surface area contributed by atoms with E-state index in [1.54, 1.807) is 0 Å². The maximum atomic E-state index is 11.0. The monoisotopic (exact) mass is 635 g/mol. The number of halogens is 1. The molecule has 0 radical (unpaired) electrons. The minimum Gasteiger partial charge on any atom is -1.00 e. The molecule has 0 bridgehead atoms. The molecule has 244 valence electrons. The third-order valence-electron chi connectivity index (χ3n) is 8.48. The molecule has 0 spiro atoms. The molecule has 0 heterocycles. The maximum absolute atomic E-state index is 11.0. The summed E-state index contributed by atoms with van der Waals surface area (Å²) in [6.45, 7) is 8.69. The van der Waals surface area contributed by atoms with Crippen LogP contribution in [0.4, 0.5) is 0 Å². The lowest BCUT2D eigenvalue weighted by atomic mass is 10.0. The van der Waals surface area contributed by atoms with Crippen molar-refractivity contribution in [1.29, 1.82) is 0 Å². The van der Waals surface area contributed by atoms with Crippen LogP contribution < -0.4 is 17.0 Å². The van der Waals surface area contributed by atoms with E-state index in [4.69, 9.17) is 9.47 Å². The first kappa shape index (κ1) is 42.5. The van der Waals surface area contributed by atoms with Gasteiger partial charge in [-0.3, -0.25) is 0 Å². The summed E-state index contributed by atoms with van der Waals surface area (Å²) in [5.74, 6) is 0. The highest BCUT2D eigenvalue weighted by Crippen LogP contribution is 2.28. The maximum Gasteiger partial charge on any atom is 0.256 e. The standard InChI is InChI=1S/C35H74NO3.BrH/c1-6-9-11-13-15-17-19-21-23-25-27-29-32-38-34-35(31-8-3,36(4,5)37)39-33-30-28-26-24-22-20-18-16-14-12-10-7-2;/h37H,6-34H2,1-5H3;1H/q+1;/p-1. The molecular weight excluding hydrogens is 562 g/mol. The zero-order valence-electron chi connectivity index (χ0n) is 28.1. The number of hydrogen-bond acceptors (Lipinski definition) is 3. The fraction of sp³-hybridized carbons (Fsp3) is 1.00. The molecule has 0 aliphatic rings. The largest absolute Gasteiger partial charge is 1.00 e. The molecule has 5 heteroatoms. The van der Waals surface area contributed by atoms with Crippen molar-refractivity contribution in [3.63, 3.8) is 0 Å². The van der Waals surface area contributed by atoms with Crippen LogP contribution in [0.25, 0.3) is 0 Å². The summed E-state index contributed by atoms with van der Waals surface area (Å²) in [5, 5.41) is 11.0. The van der Waals surface area contributed by atoms with Crippen LogP contribution in [0.15, 0.2) is 0 Å². The van der Waals surface area contributed by atoms with E-state index in [0.717, 1.165) is 32.3 Å². The highest BCUT2D eigenvalue weighted by molar-refractivity contribution is 4.69. The zero-order valence-corrected chi connectivity index (χ0v) is 29.7.